The summed E-state index contributed by atoms with van der Waals surface area (Å²) in [6, 6.07) is 26.9. The molecule has 0 fully saturated rings. The Labute approximate surface area is 370 Å². The first-order chi connectivity index (χ1) is 28.7. The van der Waals surface area contributed by atoms with E-state index in [9.17, 15) is 0 Å². The summed E-state index contributed by atoms with van der Waals surface area (Å²) in [6.45, 7) is 26.3. The third-order valence-electron chi connectivity index (χ3n) is 12.3. The van der Waals surface area contributed by atoms with E-state index >= 15 is 0 Å². The maximum Gasteiger partial charge on any atom is 2.00 e. The van der Waals surface area contributed by atoms with E-state index in [1.165, 1.54) is 66.8 Å². The molecule has 0 amide bonds. The molecule has 3 aromatic heterocycles. The summed E-state index contributed by atoms with van der Waals surface area (Å²) in [5.74, 6) is 0. The van der Waals surface area contributed by atoms with Crippen molar-refractivity contribution in [2.24, 2.45) is 0 Å². The maximum atomic E-state index is 5.59. The van der Waals surface area contributed by atoms with Crippen molar-refractivity contribution in [1.82, 2.24) is 19.9 Å². The van der Waals surface area contributed by atoms with Crippen molar-refractivity contribution in [2.45, 2.75) is 83.1 Å². The Morgan fingerprint density at radius 1 is 0.279 bits per heavy atom. The van der Waals surface area contributed by atoms with Gasteiger partial charge in [-0.05, 0) is 196 Å². The van der Waals surface area contributed by atoms with Gasteiger partial charge in [-0.25, -0.2) is 9.97 Å². The van der Waals surface area contributed by atoms with Gasteiger partial charge in [0.25, 0.3) is 0 Å². The minimum absolute atomic E-state index is 0. The number of aromatic nitrogens is 4. The molecule has 0 saturated heterocycles. The van der Waals surface area contributed by atoms with E-state index in [-0.39, 0.29) is 16.5 Å². The van der Waals surface area contributed by atoms with Gasteiger partial charge in [0, 0.05) is 0 Å². The van der Waals surface area contributed by atoms with E-state index in [2.05, 4.69) is 180 Å². The van der Waals surface area contributed by atoms with Crippen LogP contribution >= 0.6 is 0 Å². The Bertz CT molecular complexity index is 2710. The number of benzene rings is 4. The van der Waals surface area contributed by atoms with Crippen molar-refractivity contribution >= 4 is 46.4 Å². The Kier molecular flexibility index (Phi) is 10.8. The van der Waals surface area contributed by atoms with Crippen LogP contribution in [0.4, 0.5) is 0 Å². The van der Waals surface area contributed by atoms with Crippen LogP contribution in [0.2, 0.25) is 0 Å². The van der Waals surface area contributed by atoms with Crippen LogP contribution in [-0.2, 0) is 16.5 Å². The Balaban J connectivity index is 0.00000514. The third kappa shape index (κ3) is 7.23. The molecule has 4 nitrogen and oxygen atoms in total. The predicted molar refractivity (Wildman–Crippen MR) is 255 cm³/mol. The zero-order valence-electron chi connectivity index (χ0n) is 37.3. The second-order valence-corrected chi connectivity index (χ2v) is 17.5. The van der Waals surface area contributed by atoms with Crippen LogP contribution in [0, 0.1) is 83.1 Å². The number of hydrogen-bond donors (Lipinski definition) is 0. The van der Waals surface area contributed by atoms with Gasteiger partial charge in [0.2, 0.25) is 0 Å². The fraction of sp³-hybridized carbons (Fsp3) is 0.214. The summed E-state index contributed by atoms with van der Waals surface area (Å²) in [6.07, 6.45) is 8.72. The van der Waals surface area contributed by atoms with E-state index in [4.69, 9.17) is 19.9 Å². The zero-order chi connectivity index (χ0) is 42.3. The molecule has 0 aliphatic carbocycles. The van der Waals surface area contributed by atoms with Crippen LogP contribution in [0.3, 0.4) is 0 Å². The topological polar surface area (TPSA) is 54.0 Å². The minimum atomic E-state index is 0. The molecule has 0 atom stereocenters. The molecule has 9 rings (SSSR count). The Morgan fingerprint density at radius 3 is 0.639 bits per heavy atom. The average Bonchev–Trinajstić information content (AvgIpc) is 3.99. The predicted octanol–water partition coefficient (Wildman–Crippen LogP) is 14.3. The smallest absolute Gasteiger partial charge is 0.657 e. The van der Waals surface area contributed by atoms with E-state index in [0.717, 1.165) is 89.4 Å². The SMILES string of the molecule is Cc1cc(C)c(-c2c3nc(c(-c4c(C)cc(C)cc4C)c4ccc([n-]4)c(-c4c(C)cc(C)cc4C)c4nc(c(-c5c(C)cc(C)cc5C)c5ccc2[n-]5)C=C4)C=C3)c(C)c1.[Ni+2]. The zero-order valence-corrected chi connectivity index (χ0v) is 38.3. The maximum absolute atomic E-state index is 5.59. The van der Waals surface area contributed by atoms with Crippen LogP contribution in [0.5, 0.6) is 0 Å². The summed E-state index contributed by atoms with van der Waals surface area (Å²) in [4.78, 5) is 22.4. The summed E-state index contributed by atoms with van der Waals surface area (Å²) < 4.78 is 0. The Hall–Kier alpha value is -6.03. The van der Waals surface area contributed by atoms with E-state index in [1.807, 2.05) is 0 Å². The number of nitrogens with zero attached hydrogens (tertiary/aromatic N) is 4. The second-order valence-electron chi connectivity index (χ2n) is 17.5. The molecule has 0 radical (unpaired) electrons. The standard InChI is InChI=1S/C56H52N4.Ni/c1-29-21-33(5)49(34(6)22-29)53-41-13-15-43(57-41)54(50-35(7)23-30(2)24-36(50)8)45-17-19-47(59-45)56(52-39(11)27-32(4)28-40(52)12)48-20-18-46(60-48)55(44-16-14-42(53)58-44)51-37(9)25-31(3)26-38(51)10;/h13-28H,1-12H3;/q-2;+2. The normalized spacial score (nSPS) is 12.0. The molecule has 0 unspecified atom stereocenters. The molecule has 8 bridgehead atoms. The van der Waals surface area contributed by atoms with Crippen LogP contribution in [-0.4, -0.2) is 9.97 Å². The molecule has 0 N–H and O–H groups in total. The van der Waals surface area contributed by atoms with Gasteiger partial charge in [0.1, 0.15) is 0 Å². The number of rotatable bonds is 4. The quantitative estimate of drug-likeness (QED) is 0.166. The van der Waals surface area contributed by atoms with Crippen LogP contribution in [0.25, 0.3) is 90.9 Å². The summed E-state index contributed by atoms with van der Waals surface area (Å²) in [5, 5.41) is 0. The van der Waals surface area contributed by atoms with Gasteiger partial charge >= 0.3 is 16.5 Å². The molecule has 5 heterocycles. The van der Waals surface area contributed by atoms with Crippen molar-refractivity contribution in [3.05, 3.63) is 162 Å². The van der Waals surface area contributed by atoms with Gasteiger partial charge in [-0.15, -0.1) is 22.1 Å². The first kappa shape index (κ1) is 41.7. The van der Waals surface area contributed by atoms with Gasteiger partial charge in [0.15, 0.2) is 0 Å². The minimum Gasteiger partial charge on any atom is -0.657 e. The number of fused-ring (bicyclic) bond motifs is 8. The van der Waals surface area contributed by atoms with Gasteiger partial charge in [-0.2, -0.15) is 0 Å². The molecule has 61 heavy (non-hydrogen) atoms. The van der Waals surface area contributed by atoms with Gasteiger partial charge < -0.3 is 9.97 Å². The van der Waals surface area contributed by atoms with Crippen molar-refractivity contribution in [3.8, 4) is 44.5 Å². The number of aryl methyl sites for hydroxylation is 12. The first-order valence-electron chi connectivity index (χ1n) is 21.1. The van der Waals surface area contributed by atoms with Crippen LogP contribution in [0.15, 0.2) is 72.8 Å². The van der Waals surface area contributed by atoms with Crippen molar-refractivity contribution in [1.29, 1.82) is 0 Å². The van der Waals surface area contributed by atoms with Gasteiger partial charge in [0.05, 0.1) is 22.8 Å². The molecule has 0 spiro atoms. The molecule has 306 valence electrons. The Morgan fingerprint density at radius 2 is 0.459 bits per heavy atom. The molecule has 0 saturated carbocycles. The number of hydrogen-bond acceptors (Lipinski definition) is 2. The van der Waals surface area contributed by atoms with Crippen molar-refractivity contribution in [3.63, 3.8) is 0 Å². The first-order valence-corrected chi connectivity index (χ1v) is 21.1. The van der Waals surface area contributed by atoms with Crippen molar-refractivity contribution < 1.29 is 16.5 Å². The average molecular weight is 840 g/mol. The van der Waals surface area contributed by atoms with E-state index in [1.54, 1.807) is 0 Å². The largest absolute Gasteiger partial charge is 2.00 e. The molecular formula is C56H52N4Ni. The molecule has 2 aliphatic heterocycles. The molecule has 5 heteroatoms. The molecule has 7 aromatic rings. The molecule has 4 aromatic carbocycles. The fourth-order valence-electron chi connectivity index (χ4n) is 10.4. The van der Waals surface area contributed by atoms with E-state index in [0.29, 0.717) is 0 Å². The second kappa shape index (κ2) is 15.8. The fourth-order valence-corrected chi connectivity index (χ4v) is 10.4. The molecular weight excluding hydrogens is 787 g/mol. The summed E-state index contributed by atoms with van der Waals surface area (Å²) >= 11 is 0. The van der Waals surface area contributed by atoms with Crippen LogP contribution < -0.4 is 9.97 Å². The van der Waals surface area contributed by atoms with E-state index < -0.39 is 0 Å². The summed E-state index contributed by atoms with van der Waals surface area (Å²) in [7, 11) is 0. The summed E-state index contributed by atoms with van der Waals surface area (Å²) in [5.41, 5.74) is 30.4. The van der Waals surface area contributed by atoms with Gasteiger partial charge in [-0.1, -0.05) is 95.1 Å². The third-order valence-corrected chi connectivity index (χ3v) is 12.3. The monoisotopic (exact) mass is 838 g/mol. The molecule has 2 aliphatic rings. The van der Waals surface area contributed by atoms with Crippen molar-refractivity contribution in [2.75, 3.05) is 0 Å². The van der Waals surface area contributed by atoms with Gasteiger partial charge in [-0.3, -0.25) is 0 Å². The van der Waals surface area contributed by atoms with Crippen LogP contribution in [0.1, 0.15) is 89.5 Å².